The Morgan fingerprint density at radius 2 is 1.86 bits per heavy atom. The highest BCUT2D eigenvalue weighted by Crippen LogP contribution is 2.18. The predicted octanol–water partition coefficient (Wildman–Crippen LogP) is 2.30. The zero-order valence-electron chi connectivity index (χ0n) is 13.5. The molecule has 6 nitrogen and oxygen atoms in total. The molecule has 0 saturated heterocycles. The van der Waals surface area contributed by atoms with Gasteiger partial charge in [-0.05, 0) is 12.3 Å². The average molecular weight is 294 g/mol. The van der Waals surface area contributed by atoms with Gasteiger partial charge in [0.2, 0.25) is 0 Å². The van der Waals surface area contributed by atoms with Gasteiger partial charge in [-0.3, -0.25) is 0 Å². The molecule has 3 N–H and O–H groups in total. The van der Waals surface area contributed by atoms with E-state index in [1.165, 1.54) is 0 Å². The lowest BCUT2D eigenvalue weighted by molar-refractivity contribution is 0.117. The van der Waals surface area contributed by atoms with Crippen molar-refractivity contribution < 1.29 is 9.90 Å². The van der Waals surface area contributed by atoms with Crippen LogP contribution in [0.1, 0.15) is 46.9 Å². The molecule has 1 rings (SSSR count). The number of hydrogen-bond donors (Lipinski definition) is 3. The van der Waals surface area contributed by atoms with E-state index >= 15 is 0 Å². The van der Waals surface area contributed by atoms with Crippen molar-refractivity contribution >= 4 is 11.7 Å². The Kier molecular flexibility index (Phi) is 6.08. The van der Waals surface area contributed by atoms with Crippen LogP contribution < -0.4 is 10.6 Å². The maximum Gasteiger partial charge on any atom is 0.319 e. The Balaban J connectivity index is 2.41. The molecule has 1 aromatic heterocycles. The summed E-state index contributed by atoms with van der Waals surface area (Å²) in [6.07, 6.45) is 3.32. The molecule has 0 radical (unpaired) electrons. The van der Waals surface area contributed by atoms with Crippen LogP contribution in [0.4, 0.5) is 10.5 Å². The highest BCUT2D eigenvalue weighted by Gasteiger charge is 2.16. The van der Waals surface area contributed by atoms with Crippen LogP contribution in [0.15, 0.2) is 12.4 Å². The van der Waals surface area contributed by atoms with Crippen LogP contribution in [0, 0.1) is 5.92 Å². The van der Waals surface area contributed by atoms with E-state index in [0.29, 0.717) is 18.7 Å². The zero-order valence-corrected chi connectivity index (χ0v) is 13.5. The lowest BCUT2D eigenvalue weighted by Gasteiger charge is -2.16. The van der Waals surface area contributed by atoms with E-state index < -0.39 is 6.10 Å². The smallest absolute Gasteiger partial charge is 0.319 e. The summed E-state index contributed by atoms with van der Waals surface area (Å²) in [5, 5.41) is 15.0. The Hall–Kier alpha value is -1.69. The number of carbonyl (C=O) groups excluding carboxylic acids is 1. The van der Waals surface area contributed by atoms with Gasteiger partial charge in [-0.15, -0.1) is 0 Å². The van der Waals surface area contributed by atoms with Crippen molar-refractivity contribution in [2.24, 2.45) is 5.92 Å². The molecule has 0 aliphatic heterocycles. The number of urea groups is 1. The van der Waals surface area contributed by atoms with Crippen LogP contribution in [0.25, 0.3) is 0 Å². The molecule has 0 bridgehead atoms. The number of carbonyl (C=O) groups is 1. The molecule has 0 saturated carbocycles. The van der Waals surface area contributed by atoms with Gasteiger partial charge < -0.3 is 15.7 Å². The topological polar surface area (TPSA) is 87.1 Å². The van der Waals surface area contributed by atoms with Crippen LogP contribution in [0.5, 0.6) is 0 Å². The fraction of sp³-hybridized carbons (Fsp3) is 0.667. The first kappa shape index (κ1) is 17.4. The number of anilines is 1. The van der Waals surface area contributed by atoms with Crippen LogP contribution in [-0.4, -0.2) is 33.8 Å². The van der Waals surface area contributed by atoms with Crippen molar-refractivity contribution in [3.63, 3.8) is 0 Å². The molecule has 1 atom stereocenters. The van der Waals surface area contributed by atoms with Crippen molar-refractivity contribution in [2.75, 3.05) is 11.9 Å². The van der Waals surface area contributed by atoms with E-state index in [-0.39, 0.29) is 17.4 Å². The van der Waals surface area contributed by atoms with E-state index in [4.69, 9.17) is 0 Å². The molecule has 21 heavy (non-hydrogen) atoms. The van der Waals surface area contributed by atoms with Gasteiger partial charge >= 0.3 is 6.03 Å². The first-order chi connectivity index (χ1) is 9.70. The van der Waals surface area contributed by atoms with Gasteiger partial charge in [-0.1, -0.05) is 34.6 Å². The third-order valence-electron chi connectivity index (χ3n) is 3.08. The highest BCUT2D eigenvalue weighted by molar-refractivity contribution is 5.88. The monoisotopic (exact) mass is 294 g/mol. The largest absolute Gasteiger partial charge is 0.393 e. The van der Waals surface area contributed by atoms with Crippen LogP contribution >= 0.6 is 0 Å². The molecular weight excluding hydrogens is 268 g/mol. The number of amides is 2. The lowest BCUT2D eigenvalue weighted by atomic mass is 9.96. The summed E-state index contributed by atoms with van der Waals surface area (Å²) < 4.78 is 0. The molecule has 0 spiro atoms. The third-order valence-corrected chi connectivity index (χ3v) is 3.08. The van der Waals surface area contributed by atoms with Crippen molar-refractivity contribution in [3.05, 3.63) is 18.2 Å². The van der Waals surface area contributed by atoms with Gasteiger partial charge in [-0.2, -0.15) is 0 Å². The minimum Gasteiger partial charge on any atom is -0.393 e. The number of rotatable bonds is 5. The fourth-order valence-corrected chi connectivity index (χ4v) is 1.62. The summed E-state index contributed by atoms with van der Waals surface area (Å²) in [6, 6.07) is -0.321. The van der Waals surface area contributed by atoms with E-state index in [1.807, 2.05) is 34.6 Å². The van der Waals surface area contributed by atoms with Crippen molar-refractivity contribution in [2.45, 2.75) is 52.6 Å². The molecule has 1 heterocycles. The second-order valence-electron chi connectivity index (χ2n) is 6.53. The minimum atomic E-state index is -0.403. The number of nitrogens with one attached hydrogen (secondary N) is 2. The van der Waals surface area contributed by atoms with E-state index in [0.717, 1.165) is 5.82 Å². The Morgan fingerprint density at radius 3 is 2.33 bits per heavy atom. The number of aliphatic hydroxyl groups is 1. The predicted molar refractivity (Wildman–Crippen MR) is 83.2 cm³/mol. The Bertz CT molecular complexity index is 452. The molecule has 0 aliphatic carbocycles. The van der Waals surface area contributed by atoms with Crippen molar-refractivity contribution in [3.8, 4) is 0 Å². The maximum atomic E-state index is 11.7. The number of aliphatic hydroxyl groups excluding tert-OH is 1. The van der Waals surface area contributed by atoms with Gasteiger partial charge in [0, 0.05) is 12.0 Å². The number of aromatic nitrogens is 2. The van der Waals surface area contributed by atoms with Gasteiger partial charge in [-0.25, -0.2) is 14.8 Å². The second kappa shape index (κ2) is 7.36. The number of hydrogen-bond acceptors (Lipinski definition) is 4. The van der Waals surface area contributed by atoms with Crippen LogP contribution in [-0.2, 0) is 5.41 Å². The Labute approximate surface area is 126 Å². The quantitative estimate of drug-likeness (QED) is 0.777. The normalized spacial score (nSPS) is 13.1. The molecule has 1 unspecified atom stereocenters. The molecule has 0 aliphatic rings. The first-order valence-electron chi connectivity index (χ1n) is 7.25. The number of nitrogens with zero attached hydrogens (tertiary/aromatic N) is 2. The molecule has 0 fully saturated rings. The van der Waals surface area contributed by atoms with Crippen molar-refractivity contribution in [1.82, 2.24) is 15.3 Å². The second-order valence-corrected chi connectivity index (χ2v) is 6.53. The molecular formula is C15H26N4O2. The summed E-state index contributed by atoms with van der Waals surface area (Å²) in [5.41, 5.74) is 0.429. The molecule has 1 aromatic rings. The summed E-state index contributed by atoms with van der Waals surface area (Å²) in [4.78, 5) is 20.2. The zero-order chi connectivity index (χ0) is 16.0. The van der Waals surface area contributed by atoms with Gasteiger partial charge in [0.15, 0.2) is 0 Å². The van der Waals surface area contributed by atoms with Gasteiger partial charge in [0.1, 0.15) is 5.82 Å². The molecule has 0 aromatic carbocycles. The minimum absolute atomic E-state index is 0.117. The summed E-state index contributed by atoms with van der Waals surface area (Å²) in [5.74, 6) is 0.918. The molecule has 118 valence electrons. The van der Waals surface area contributed by atoms with Gasteiger partial charge in [0.05, 0.1) is 24.2 Å². The SMILES string of the molecule is CC(C)C(O)CCNC(=O)Nc1cnc(C(C)(C)C)nc1. The third kappa shape index (κ3) is 6.08. The molecule has 6 heteroatoms. The summed E-state index contributed by atoms with van der Waals surface area (Å²) in [6.45, 7) is 10.4. The summed E-state index contributed by atoms with van der Waals surface area (Å²) in [7, 11) is 0. The summed E-state index contributed by atoms with van der Waals surface area (Å²) >= 11 is 0. The van der Waals surface area contributed by atoms with Gasteiger partial charge in [0.25, 0.3) is 0 Å². The van der Waals surface area contributed by atoms with Crippen molar-refractivity contribution in [1.29, 1.82) is 0 Å². The maximum absolute atomic E-state index is 11.7. The van der Waals surface area contributed by atoms with E-state index in [1.54, 1.807) is 12.4 Å². The standard InChI is InChI=1S/C15H26N4O2/c1-10(2)12(20)6-7-16-14(21)19-11-8-17-13(18-9-11)15(3,4)5/h8-10,12,20H,6-7H2,1-5H3,(H2,16,19,21). The molecule has 2 amide bonds. The first-order valence-corrected chi connectivity index (χ1v) is 7.25. The van der Waals surface area contributed by atoms with E-state index in [9.17, 15) is 9.90 Å². The van der Waals surface area contributed by atoms with Crippen LogP contribution in [0.2, 0.25) is 0 Å². The average Bonchev–Trinajstić information content (AvgIpc) is 2.38. The van der Waals surface area contributed by atoms with Crippen LogP contribution in [0.3, 0.4) is 0 Å². The highest BCUT2D eigenvalue weighted by atomic mass is 16.3. The van der Waals surface area contributed by atoms with E-state index in [2.05, 4.69) is 20.6 Å². The Morgan fingerprint density at radius 1 is 1.29 bits per heavy atom. The lowest BCUT2D eigenvalue weighted by Crippen LogP contribution is -2.32. The fourth-order valence-electron chi connectivity index (χ4n) is 1.62.